The van der Waals surface area contributed by atoms with Crippen LogP contribution >= 0.6 is 11.3 Å². The lowest BCUT2D eigenvalue weighted by atomic mass is 9.85. The smallest absolute Gasteiger partial charge is 0.407 e. The van der Waals surface area contributed by atoms with Gasteiger partial charge in [0.1, 0.15) is 0 Å². The molecule has 0 radical (unpaired) electrons. The minimum atomic E-state index is -0.294. The normalized spacial score (nSPS) is 20.0. The van der Waals surface area contributed by atoms with Crippen LogP contribution in [-0.2, 0) is 17.6 Å². The van der Waals surface area contributed by atoms with Gasteiger partial charge >= 0.3 is 6.09 Å². The van der Waals surface area contributed by atoms with Crippen molar-refractivity contribution in [1.29, 1.82) is 0 Å². The number of benzene rings is 1. The van der Waals surface area contributed by atoms with E-state index < -0.39 is 0 Å². The van der Waals surface area contributed by atoms with Crippen molar-refractivity contribution in [3.63, 3.8) is 0 Å². The van der Waals surface area contributed by atoms with Crippen molar-refractivity contribution in [2.45, 2.75) is 31.6 Å². The summed E-state index contributed by atoms with van der Waals surface area (Å²) in [5.41, 5.74) is 5.50. The van der Waals surface area contributed by atoms with Gasteiger partial charge in [-0.1, -0.05) is 30.9 Å². The van der Waals surface area contributed by atoms with Gasteiger partial charge in [0.25, 0.3) is 0 Å². The second-order valence-corrected chi connectivity index (χ2v) is 7.63. The Labute approximate surface area is 146 Å². The predicted molar refractivity (Wildman–Crippen MR) is 98.6 cm³/mol. The molecule has 0 bridgehead atoms. The summed E-state index contributed by atoms with van der Waals surface area (Å²) in [6, 6.07) is 9.11. The number of ether oxygens (including phenoxy) is 1. The van der Waals surface area contributed by atoms with Gasteiger partial charge in [0.15, 0.2) is 0 Å². The third kappa shape index (κ3) is 2.86. The van der Waals surface area contributed by atoms with E-state index in [0.717, 1.165) is 25.7 Å². The van der Waals surface area contributed by atoms with Gasteiger partial charge in [0.05, 0.1) is 6.61 Å². The number of carbonyl (C=O) groups excluding carboxylic acids is 1. The maximum Gasteiger partial charge on any atom is 0.407 e. The molecule has 1 saturated heterocycles. The van der Waals surface area contributed by atoms with Crippen LogP contribution in [0.3, 0.4) is 0 Å². The topological polar surface area (TPSA) is 38.3 Å². The Balaban J connectivity index is 1.64. The number of hydrogen-bond acceptors (Lipinski definition) is 3. The third-order valence-corrected chi connectivity index (χ3v) is 6.16. The number of alkyl carbamates (subject to hydrolysis) is 1. The van der Waals surface area contributed by atoms with Crippen molar-refractivity contribution < 1.29 is 9.53 Å². The lowest BCUT2D eigenvalue weighted by Gasteiger charge is -2.23. The number of nitrogens with one attached hydrogen (secondary N) is 1. The van der Waals surface area contributed by atoms with Crippen LogP contribution in [0.1, 0.15) is 39.6 Å². The van der Waals surface area contributed by atoms with Crippen LogP contribution in [0.2, 0.25) is 0 Å². The molecule has 0 saturated carbocycles. The fourth-order valence-electron chi connectivity index (χ4n) is 3.69. The van der Waals surface area contributed by atoms with E-state index in [-0.39, 0.29) is 6.09 Å². The lowest BCUT2D eigenvalue weighted by Crippen LogP contribution is -2.31. The first-order chi connectivity index (χ1) is 11.7. The van der Waals surface area contributed by atoms with Crippen LogP contribution in [-0.4, -0.2) is 19.2 Å². The van der Waals surface area contributed by atoms with E-state index in [0.29, 0.717) is 19.1 Å². The van der Waals surface area contributed by atoms with E-state index in [1.807, 2.05) is 17.4 Å². The quantitative estimate of drug-likeness (QED) is 0.856. The van der Waals surface area contributed by atoms with Gasteiger partial charge in [-0.25, -0.2) is 4.79 Å². The number of hydrogen-bond donors (Lipinski definition) is 1. The van der Waals surface area contributed by atoms with Gasteiger partial charge in [-0.15, -0.1) is 11.3 Å². The first kappa shape index (κ1) is 15.5. The van der Waals surface area contributed by atoms with Gasteiger partial charge in [0.2, 0.25) is 0 Å². The first-order valence-corrected chi connectivity index (χ1v) is 9.35. The van der Waals surface area contributed by atoms with E-state index in [9.17, 15) is 4.79 Å². The molecule has 2 aromatic rings. The van der Waals surface area contributed by atoms with E-state index in [1.54, 1.807) is 0 Å². The number of amides is 1. The van der Waals surface area contributed by atoms with Gasteiger partial charge in [-0.2, -0.15) is 0 Å². The van der Waals surface area contributed by atoms with Crippen molar-refractivity contribution >= 4 is 23.5 Å². The highest BCUT2D eigenvalue weighted by molar-refractivity contribution is 7.13. The highest BCUT2D eigenvalue weighted by Gasteiger charge is 2.22. The fourth-order valence-corrected chi connectivity index (χ4v) is 4.72. The van der Waals surface area contributed by atoms with Crippen LogP contribution in [0.4, 0.5) is 4.79 Å². The summed E-state index contributed by atoms with van der Waals surface area (Å²) < 4.78 is 5.05. The van der Waals surface area contributed by atoms with Crippen LogP contribution in [0.25, 0.3) is 17.2 Å². The third-order valence-electron chi connectivity index (χ3n) is 4.96. The first-order valence-electron chi connectivity index (χ1n) is 8.53. The van der Waals surface area contributed by atoms with Gasteiger partial charge in [-0.3, -0.25) is 0 Å². The van der Waals surface area contributed by atoms with Crippen LogP contribution < -0.4 is 5.32 Å². The predicted octanol–water partition coefficient (Wildman–Crippen LogP) is 4.76. The zero-order valence-corrected chi connectivity index (χ0v) is 14.5. The Morgan fingerprint density at radius 2 is 2.17 bits per heavy atom. The van der Waals surface area contributed by atoms with Gasteiger partial charge in [0, 0.05) is 22.2 Å². The summed E-state index contributed by atoms with van der Waals surface area (Å²) in [6.07, 6.45) is 5.82. The molecule has 1 aromatic heterocycles. The molecule has 1 aliphatic carbocycles. The van der Waals surface area contributed by atoms with Gasteiger partial charge in [-0.05, 0) is 54.0 Å². The summed E-state index contributed by atoms with van der Waals surface area (Å²) in [6.45, 7) is 5.06. The molecule has 24 heavy (non-hydrogen) atoms. The minimum Gasteiger partial charge on any atom is -0.450 e. The maximum absolute atomic E-state index is 11.5. The van der Waals surface area contributed by atoms with Crippen molar-refractivity contribution in [3.05, 3.63) is 51.7 Å². The van der Waals surface area contributed by atoms with Gasteiger partial charge < -0.3 is 10.1 Å². The number of cyclic esters (lactones) is 1. The fraction of sp³-hybridized carbons (Fsp3) is 0.350. The monoisotopic (exact) mass is 339 g/mol. The molecule has 1 atom stereocenters. The molecule has 0 unspecified atom stereocenters. The molecule has 0 spiro atoms. The highest BCUT2D eigenvalue weighted by atomic mass is 32.1. The molecule has 1 amide bonds. The van der Waals surface area contributed by atoms with Crippen LogP contribution in [0.5, 0.6) is 0 Å². The maximum atomic E-state index is 11.5. The molecule has 2 heterocycles. The Morgan fingerprint density at radius 1 is 1.25 bits per heavy atom. The zero-order valence-electron chi connectivity index (χ0n) is 13.6. The second-order valence-electron chi connectivity index (χ2n) is 6.46. The van der Waals surface area contributed by atoms with Crippen molar-refractivity contribution in [1.82, 2.24) is 5.32 Å². The average Bonchev–Trinajstić information content (AvgIpc) is 3.02. The molecule has 3 nitrogen and oxygen atoms in total. The molecule has 4 rings (SSSR count). The SMILES string of the molecule is C=Cc1cc2c(s1)CCc1cc([C@H]3CCCOC(=O)NC3)ccc1-2. The lowest BCUT2D eigenvalue weighted by molar-refractivity contribution is 0.136. The average molecular weight is 339 g/mol. The molecule has 1 N–H and O–H groups in total. The van der Waals surface area contributed by atoms with E-state index in [1.165, 1.54) is 32.0 Å². The summed E-state index contributed by atoms with van der Waals surface area (Å²) in [4.78, 5) is 14.2. The number of aryl methyl sites for hydroxylation is 2. The van der Waals surface area contributed by atoms with E-state index in [4.69, 9.17) is 4.74 Å². The molecular weight excluding hydrogens is 318 g/mol. The van der Waals surface area contributed by atoms with Crippen molar-refractivity contribution in [2.24, 2.45) is 0 Å². The number of fused-ring (bicyclic) bond motifs is 3. The van der Waals surface area contributed by atoms with Crippen LogP contribution in [0, 0.1) is 0 Å². The zero-order chi connectivity index (χ0) is 16.5. The number of thiophene rings is 1. The second kappa shape index (κ2) is 6.44. The summed E-state index contributed by atoms with van der Waals surface area (Å²) in [7, 11) is 0. The number of carbonyl (C=O) groups is 1. The molecular formula is C20H21NO2S. The van der Waals surface area contributed by atoms with Crippen LogP contribution in [0.15, 0.2) is 30.8 Å². The molecule has 124 valence electrons. The Bertz CT molecular complexity index is 793. The number of rotatable bonds is 2. The largest absolute Gasteiger partial charge is 0.450 e. The Hall–Kier alpha value is -2.07. The van der Waals surface area contributed by atoms with Crippen molar-refractivity contribution in [2.75, 3.05) is 13.2 Å². The summed E-state index contributed by atoms with van der Waals surface area (Å²) >= 11 is 1.86. The Kier molecular flexibility index (Phi) is 4.15. The summed E-state index contributed by atoms with van der Waals surface area (Å²) in [5.74, 6) is 0.371. The Morgan fingerprint density at radius 3 is 3.04 bits per heavy atom. The molecule has 4 heteroatoms. The highest BCUT2D eigenvalue weighted by Crippen LogP contribution is 2.40. The molecule has 1 fully saturated rings. The summed E-state index contributed by atoms with van der Waals surface area (Å²) in [5, 5.41) is 2.87. The molecule has 1 aromatic carbocycles. The molecule has 1 aliphatic heterocycles. The minimum absolute atomic E-state index is 0.294. The standard InChI is InChI=1S/C20H21NO2S/c1-2-16-11-18-17-7-5-13(10-14(17)6-8-19(18)24-16)15-4-3-9-23-20(22)21-12-15/h2,5,7,10-11,15H,1,3-4,6,8-9,12H2,(H,21,22)/t15-/m0/s1. The van der Waals surface area contributed by atoms with E-state index in [2.05, 4.69) is 36.2 Å². The van der Waals surface area contributed by atoms with E-state index >= 15 is 0 Å². The molecule has 2 aliphatic rings. The van der Waals surface area contributed by atoms with Crippen molar-refractivity contribution in [3.8, 4) is 11.1 Å².